The summed E-state index contributed by atoms with van der Waals surface area (Å²) in [7, 11) is 0. The lowest BCUT2D eigenvalue weighted by Gasteiger charge is -2.40. The molecule has 0 aromatic heterocycles. The van der Waals surface area contributed by atoms with Crippen molar-refractivity contribution >= 4 is 70.2 Å². The van der Waals surface area contributed by atoms with Crippen molar-refractivity contribution in [1.82, 2.24) is 4.90 Å². The first-order chi connectivity index (χ1) is 9.27. The molecule has 1 unspecified atom stereocenters. The van der Waals surface area contributed by atoms with E-state index in [-0.39, 0.29) is 17.9 Å². The molecule has 1 fully saturated rings. The molecule has 2 rings (SSSR count). The number of carbonyl (C=O) groups is 2. The summed E-state index contributed by atoms with van der Waals surface area (Å²) in [6, 6.07) is 0. The zero-order chi connectivity index (χ0) is 14.9. The average Bonchev–Trinajstić information content (AvgIpc) is 2.35. The molecule has 0 aliphatic carbocycles. The Bertz CT molecular complexity index is 453. The molecule has 2 atom stereocenters. The molecule has 0 bridgehead atoms. The third kappa shape index (κ3) is 4.01. The number of hydrogen-bond donors (Lipinski definition) is 0. The van der Waals surface area contributed by atoms with Gasteiger partial charge in [-0.25, -0.2) is 4.79 Å². The van der Waals surface area contributed by atoms with Crippen LogP contribution in [0, 0.1) is 0 Å². The molecule has 20 heavy (non-hydrogen) atoms. The Labute approximate surface area is 139 Å². The van der Waals surface area contributed by atoms with Crippen molar-refractivity contribution in [3.8, 4) is 0 Å². The van der Waals surface area contributed by atoms with Crippen molar-refractivity contribution in [1.29, 1.82) is 0 Å². The third-order valence-electron chi connectivity index (χ3n) is 2.56. The summed E-state index contributed by atoms with van der Waals surface area (Å²) in [5.74, 6) is 0.732. The first kappa shape index (κ1) is 16.4. The van der Waals surface area contributed by atoms with Crippen molar-refractivity contribution in [2.24, 2.45) is 0 Å². The minimum absolute atomic E-state index is 0.00814. The van der Waals surface area contributed by atoms with Gasteiger partial charge in [0.15, 0.2) is 0 Å². The second-order valence-electron chi connectivity index (χ2n) is 4.07. The predicted molar refractivity (Wildman–Crippen MR) is 78.2 cm³/mol. The smallest absolute Gasteiger partial charge is 0.430 e. The molecule has 2 aliphatic rings. The van der Waals surface area contributed by atoms with E-state index >= 15 is 0 Å². The zero-order valence-corrected chi connectivity index (χ0v) is 13.7. The summed E-state index contributed by atoms with van der Waals surface area (Å²) >= 11 is 23.5. The molecule has 112 valence electrons. The molecule has 0 spiro atoms. The second-order valence-corrected chi connectivity index (χ2v) is 8.00. The largest absolute Gasteiger partial charge is 0.510 e. The number of hydrogen-bond acceptors (Lipinski definition) is 5. The fourth-order valence-electron chi connectivity index (χ4n) is 1.55. The van der Waals surface area contributed by atoms with Crippen LogP contribution in [-0.2, 0) is 14.3 Å². The zero-order valence-electron chi connectivity index (χ0n) is 9.85. The highest BCUT2D eigenvalue weighted by Gasteiger charge is 2.38. The van der Waals surface area contributed by atoms with Gasteiger partial charge in [-0.3, -0.25) is 4.79 Å². The molecular formula is C10H9Cl4NO4S. The Hall–Kier alpha value is -0.0100. The molecule has 5 nitrogen and oxygen atoms in total. The molecule has 0 radical (unpaired) electrons. The molecule has 0 aromatic rings. The van der Waals surface area contributed by atoms with Crippen LogP contribution >= 0.6 is 58.2 Å². The number of fused-ring (bicyclic) bond motifs is 1. The van der Waals surface area contributed by atoms with Gasteiger partial charge in [0.1, 0.15) is 6.61 Å². The van der Waals surface area contributed by atoms with Gasteiger partial charge >= 0.3 is 6.16 Å². The lowest BCUT2D eigenvalue weighted by Crippen LogP contribution is -2.49. The summed E-state index contributed by atoms with van der Waals surface area (Å²) in [6.45, 7) is -0.00814. The minimum atomic E-state index is -1.93. The van der Waals surface area contributed by atoms with Gasteiger partial charge in [0.05, 0.1) is 11.8 Å². The SMILES string of the molecule is O=C(OCC1=CN2C(=O)C[C@@H]2SC1)OC(Cl)C(Cl)(Cl)Cl. The van der Waals surface area contributed by atoms with Gasteiger partial charge in [0.25, 0.3) is 0 Å². The summed E-state index contributed by atoms with van der Waals surface area (Å²) in [4.78, 5) is 24.2. The number of ether oxygens (including phenoxy) is 2. The number of carbonyl (C=O) groups excluding carboxylic acids is 2. The van der Waals surface area contributed by atoms with Gasteiger partial charge in [0, 0.05) is 12.0 Å². The number of thioether (sulfide) groups is 1. The van der Waals surface area contributed by atoms with Crippen LogP contribution in [0.3, 0.4) is 0 Å². The van der Waals surface area contributed by atoms with E-state index in [2.05, 4.69) is 4.74 Å². The number of amides is 1. The van der Waals surface area contributed by atoms with Crippen molar-refractivity contribution in [3.05, 3.63) is 11.8 Å². The van der Waals surface area contributed by atoms with Crippen molar-refractivity contribution < 1.29 is 19.1 Å². The number of halogens is 4. The van der Waals surface area contributed by atoms with Gasteiger partial charge in [0.2, 0.25) is 15.3 Å². The molecule has 10 heteroatoms. The monoisotopic (exact) mass is 379 g/mol. The highest BCUT2D eigenvalue weighted by Crippen LogP contribution is 2.36. The Morgan fingerprint density at radius 3 is 2.85 bits per heavy atom. The van der Waals surface area contributed by atoms with Gasteiger partial charge in [-0.05, 0) is 5.57 Å². The average molecular weight is 381 g/mol. The highest BCUT2D eigenvalue weighted by molar-refractivity contribution is 8.00. The number of rotatable bonds is 3. The summed E-state index contributed by atoms with van der Waals surface area (Å²) in [5, 5.41) is 0.204. The summed E-state index contributed by atoms with van der Waals surface area (Å²) < 4.78 is 7.50. The van der Waals surface area contributed by atoms with Crippen LogP contribution in [0.1, 0.15) is 6.42 Å². The number of β-lactam (4-membered cyclic amide) rings is 1. The van der Waals surface area contributed by atoms with Crippen LogP contribution in [0.2, 0.25) is 0 Å². The third-order valence-corrected chi connectivity index (χ3v) is 5.22. The minimum Gasteiger partial charge on any atom is -0.430 e. The summed E-state index contributed by atoms with van der Waals surface area (Å²) in [6.07, 6.45) is 1.20. The highest BCUT2D eigenvalue weighted by atomic mass is 35.6. The molecule has 0 saturated carbocycles. The van der Waals surface area contributed by atoms with Crippen molar-refractivity contribution in [2.45, 2.75) is 21.2 Å². The molecule has 1 saturated heterocycles. The fraction of sp³-hybridized carbons (Fsp3) is 0.600. The van der Waals surface area contributed by atoms with E-state index in [0.717, 1.165) is 5.57 Å². The molecule has 2 heterocycles. The predicted octanol–water partition coefficient (Wildman–Crippen LogP) is 3.26. The summed E-state index contributed by atoms with van der Waals surface area (Å²) in [5.41, 5.74) is -0.660. The quantitative estimate of drug-likeness (QED) is 0.427. The van der Waals surface area contributed by atoms with E-state index in [1.165, 1.54) is 0 Å². The molecule has 2 aliphatic heterocycles. The van der Waals surface area contributed by atoms with Crippen LogP contribution in [0.4, 0.5) is 4.79 Å². The van der Waals surface area contributed by atoms with Crippen LogP contribution in [-0.4, -0.2) is 44.1 Å². The van der Waals surface area contributed by atoms with Crippen LogP contribution in [0.25, 0.3) is 0 Å². The van der Waals surface area contributed by atoms with Gasteiger partial charge in [-0.1, -0.05) is 46.4 Å². The lowest BCUT2D eigenvalue weighted by molar-refractivity contribution is -0.137. The normalized spacial score (nSPS) is 23.4. The lowest BCUT2D eigenvalue weighted by atomic mass is 10.2. The van der Waals surface area contributed by atoms with Crippen LogP contribution < -0.4 is 0 Å². The maximum Gasteiger partial charge on any atom is 0.510 e. The van der Waals surface area contributed by atoms with E-state index in [0.29, 0.717) is 12.2 Å². The molecule has 0 N–H and O–H groups in total. The van der Waals surface area contributed by atoms with E-state index in [9.17, 15) is 9.59 Å². The van der Waals surface area contributed by atoms with Gasteiger partial charge < -0.3 is 14.4 Å². The van der Waals surface area contributed by atoms with E-state index in [1.807, 2.05) is 0 Å². The first-order valence-corrected chi connectivity index (χ1v) is 8.06. The number of alkyl halides is 4. The Balaban J connectivity index is 1.78. The number of nitrogens with zero attached hydrogens (tertiary/aromatic N) is 1. The van der Waals surface area contributed by atoms with Crippen LogP contribution in [0.15, 0.2) is 11.8 Å². The van der Waals surface area contributed by atoms with Crippen molar-refractivity contribution in [2.75, 3.05) is 12.4 Å². The van der Waals surface area contributed by atoms with E-state index < -0.39 is 15.5 Å². The Kier molecular flexibility index (Phi) is 5.24. The molecular weight excluding hydrogens is 372 g/mol. The molecule has 0 aromatic carbocycles. The molecule has 1 amide bonds. The Morgan fingerprint density at radius 2 is 2.25 bits per heavy atom. The maximum atomic E-state index is 11.3. The van der Waals surface area contributed by atoms with Gasteiger partial charge in [-0.2, -0.15) is 0 Å². The maximum absolute atomic E-state index is 11.3. The van der Waals surface area contributed by atoms with Crippen LogP contribution in [0.5, 0.6) is 0 Å². The Morgan fingerprint density at radius 1 is 1.55 bits per heavy atom. The second kappa shape index (κ2) is 6.40. The first-order valence-electron chi connectivity index (χ1n) is 5.44. The van der Waals surface area contributed by atoms with Crippen molar-refractivity contribution in [3.63, 3.8) is 0 Å². The topological polar surface area (TPSA) is 55.8 Å². The van der Waals surface area contributed by atoms with E-state index in [4.69, 9.17) is 51.1 Å². The standard InChI is InChI=1S/C10H9Cl4NO4S/c11-8(10(12,13)14)19-9(17)18-3-5-2-15-6(16)1-7(15)20-4-5/h2,7-8H,1,3-4H2/t7-,8?/m0/s1. The fourth-order valence-corrected chi connectivity index (χ4v) is 2.92. The van der Waals surface area contributed by atoms with Gasteiger partial charge in [-0.15, -0.1) is 11.8 Å². The van der Waals surface area contributed by atoms with E-state index in [1.54, 1.807) is 22.9 Å².